The highest BCUT2D eigenvalue weighted by atomic mass is 16.6. The van der Waals surface area contributed by atoms with Crippen LogP contribution in [-0.4, -0.2) is 23.9 Å². The fourth-order valence-electron chi connectivity index (χ4n) is 1.28. The lowest BCUT2D eigenvalue weighted by atomic mass is 10.2. The molecule has 0 aromatic heterocycles. The van der Waals surface area contributed by atoms with Gasteiger partial charge in [0.15, 0.2) is 0 Å². The van der Waals surface area contributed by atoms with Crippen LogP contribution in [0.1, 0.15) is 13.3 Å². The van der Waals surface area contributed by atoms with Crippen molar-refractivity contribution >= 4 is 17.3 Å². The van der Waals surface area contributed by atoms with Crippen molar-refractivity contribution in [3.63, 3.8) is 0 Å². The summed E-state index contributed by atoms with van der Waals surface area (Å²) in [5.74, 6) is -0.176. The van der Waals surface area contributed by atoms with Crippen molar-refractivity contribution in [3.8, 4) is 0 Å². The van der Waals surface area contributed by atoms with E-state index in [2.05, 4.69) is 10.6 Å². The van der Waals surface area contributed by atoms with Crippen molar-refractivity contribution in [2.45, 2.75) is 13.3 Å². The minimum absolute atomic E-state index is 0.0317. The van der Waals surface area contributed by atoms with Crippen LogP contribution in [0.25, 0.3) is 0 Å². The minimum atomic E-state index is -0.480. The van der Waals surface area contributed by atoms with E-state index in [0.29, 0.717) is 12.2 Å². The standard InChI is InChI=1S/C11H15N3O3/c1-2-7-12-11(15)8-13-9-5-3-4-6-10(9)14(16)17/h3-6,13H,2,7-8H2,1H3,(H,12,15). The maximum Gasteiger partial charge on any atom is 0.292 e. The first-order chi connectivity index (χ1) is 8.15. The average molecular weight is 237 g/mol. The van der Waals surface area contributed by atoms with Gasteiger partial charge >= 0.3 is 0 Å². The Balaban J connectivity index is 2.57. The highest BCUT2D eigenvalue weighted by Crippen LogP contribution is 2.22. The fraction of sp³-hybridized carbons (Fsp3) is 0.364. The van der Waals surface area contributed by atoms with Crippen molar-refractivity contribution in [1.29, 1.82) is 0 Å². The van der Waals surface area contributed by atoms with Crippen LogP contribution in [0.15, 0.2) is 24.3 Å². The fourth-order valence-corrected chi connectivity index (χ4v) is 1.28. The number of carbonyl (C=O) groups is 1. The van der Waals surface area contributed by atoms with E-state index < -0.39 is 4.92 Å². The molecular weight excluding hydrogens is 222 g/mol. The van der Waals surface area contributed by atoms with Crippen LogP contribution in [0, 0.1) is 10.1 Å². The number of para-hydroxylation sites is 2. The SMILES string of the molecule is CCCNC(=O)CNc1ccccc1[N+](=O)[O-]. The van der Waals surface area contributed by atoms with E-state index in [9.17, 15) is 14.9 Å². The number of nitro groups is 1. The van der Waals surface area contributed by atoms with E-state index >= 15 is 0 Å². The third-order valence-corrected chi connectivity index (χ3v) is 2.11. The van der Waals surface area contributed by atoms with Gasteiger partial charge in [0, 0.05) is 12.6 Å². The molecule has 1 aromatic carbocycles. The van der Waals surface area contributed by atoms with Gasteiger partial charge in [-0.05, 0) is 12.5 Å². The van der Waals surface area contributed by atoms with E-state index in [1.165, 1.54) is 6.07 Å². The maximum atomic E-state index is 11.3. The zero-order chi connectivity index (χ0) is 12.7. The molecule has 0 aliphatic carbocycles. The molecule has 6 heteroatoms. The topological polar surface area (TPSA) is 84.3 Å². The molecule has 2 N–H and O–H groups in total. The lowest BCUT2D eigenvalue weighted by molar-refractivity contribution is -0.383. The molecule has 6 nitrogen and oxygen atoms in total. The van der Waals surface area contributed by atoms with Crippen LogP contribution < -0.4 is 10.6 Å². The second-order valence-electron chi connectivity index (χ2n) is 3.48. The van der Waals surface area contributed by atoms with Gasteiger partial charge in [-0.2, -0.15) is 0 Å². The Morgan fingerprint density at radius 1 is 1.41 bits per heavy atom. The number of carbonyl (C=O) groups excluding carboxylic acids is 1. The summed E-state index contributed by atoms with van der Waals surface area (Å²) in [5, 5.41) is 16.1. The molecule has 0 aliphatic heterocycles. The predicted octanol–water partition coefficient (Wildman–Crippen LogP) is 1.53. The smallest absolute Gasteiger partial charge is 0.292 e. The number of nitrogens with zero attached hydrogens (tertiary/aromatic N) is 1. The molecule has 0 saturated carbocycles. The molecule has 0 fully saturated rings. The van der Waals surface area contributed by atoms with Gasteiger partial charge in [0.25, 0.3) is 5.69 Å². The summed E-state index contributed by atoms with van der Waals surface area (Å²) < 4.78 is 0. The second kappa shape index (κ2) is 6.47. The summed E-state index contributed by atoms with van der Waals surface area (Å²) in [4.78, 5) is 21.5. The van der Waals surface area contributed by atoms with E-state index in [1.54, 1.807) is 18.2 Å². The van der Waals surface area contributed by atoms with Crippen LogP contribution in [0.2, 0.25) is 0 Å². The average Bonchev–Trinajstić information content (AvgIpc) is 2.34. The van der Waals surface area contributed by atoms with E-state index in [4.69, 9.17) is 0 Å². The monoisotopic (exact) mass is 237 g/mol. The summed E-state index contributed by atoms with van der Waals surface area (Å²) in [6, 6.07) is 6.23. The number of benzene rings is 1. The first-order valence-electron chi connectivity index (χ1n) is 5.39. The lowest BCUT2D eigenvalue weighted by Crippen LogP contribution is -2.30. The predicted molar refractivity (Wildman–Crippen MR) is 64.9 cm³/mol. The molecule has 0 spiro atoms. The van der Waals surface area contributed by atoms with Crippen LogP contribution in [-0.2, 0) is 4.79 Å². The number of rotatable bonds is 6. The molecule has 17 heavy (non-hydrogen) atoms. The Morgan fingerprint density at radius 3 is 2.76 bits per heavy atom. The van der Waals surface area contributed by atoms with Gasteiger partial charge < -0.3 is 10.6 Å². The summed E-state index contributed by atoms with van der Waals surface area (Å²) in [6.07, 6.45) is 0.858. The number of hydrogen-bond acceptors (Lipinski definition) is 4. The van der Waals surface area contributed by atoms with Gasteiger partial charge in [0.05, 0.1) is 11.5 Å². The van der Waals surface area contributed by atoms with E-state index in [1.807, 2.05) is 6.92 Å². The summed E-state index contributed by atoms with van der Waals surface area (Å²) in [7, 11) is 0. The van der Waals surface area contributed by atoms with Crippen molar-refractivity contribution in [1.82, 2.24) is 5.32 Å². The molecule has 92 valence electrons. The molecule has 0 aliphatic rings. The second-order valence-corrected chi connectivity index (χ2v) is 3.48. The normalized spacial score (nSPS) is 9.71. The van der Waals surface area contributed by atoms with Gasteiger partial charge in [-0.25, -0.2) is 0 Å². The molecule has 0 atom stereocenters. The van der Waals surface area contributed by atoms with Gasteiger partial charge in [-0.3, -0.25) is 14.9 Å². The number of nitro benzene ring substituents is 1. The van der Waals surface area contributed by atoms with Crippen molar-refractivity contribution in [2.24, 2.45) is 0 Å². The lowest BCUT2D eigenvalue weighted by Gasteiger charge is -2.07. The first-order valence-corrected chi connectivity index (χ1v) is 5.39. The molecular formula is C11H15N3O3. The summed E-state index contributed by atoms with van der Waals surface area (Å²) in [5.41, 5.74) is 0.319. The highest BCUT2D eigenvalue weighted by molar-refractivity contribution is 5.81. The van der Waals surface area contributed by atoms with Gasteiger partial charge in [0.2, 0.25) is 5.91 Å². The molecule has 0 radical (unpaired) electrons. The zero-order valence-electron chi connectivity index (χ0n) is 9.60. The largest absolute Gasteiger partial charge is 0.371 e. The molecule has 0 saturated heterocycles. The number of hydrogen-bond donors (Lipinski definition) is 2. The molecule has 0 bridgehead atoms. The molecule has 1 rings (SSSR count). The van der Waals surface area contributed by atoms with Crippen LogP contribution in [0.5, 0.6) is 0 Å². The van der Waals surface area contributed by atoms with Gasteiger partial charge in [-0.15, -0.1) is 0 Å². The van der Waals surface area contributed by atoms with Crippen molar-refractivity contribution in [2.75, 3.05) is 18.4 Å². The Morgan fingerprint density at radius 2 is 2.12 bits per heavy atom. The Bertz CT molecular complexity index is 407. The van der Waals surface area contributed by atoms with E-state index in [0.717, 1.165) is 6.42 Å². The minimum Gasteiger partial charge on any atom is -0.371 e. The first kappa shape index (κ1) is 13.0. The Labute approximate surface area is 99.2 Å². The maximum absolute atomic E-state index is 11.3. The quantitative estimate of drug-likeness (QED) is 0.580. The van der Waals surface area contributed by atoms with Crippen LogP contribution >= 0.6 is 0 Å². The van der Waals surface area contributed by atoms with Crippen LogP contribution in [0.4, 0.5) is 11.4 Å². The molecule has 0 unspecified atom stereocenters. The third kappa shape index (κ3) is 4.10. The Hall–Kier alpha value is -2.11. The number of anilines is 1. The number of nitrogens with one attached hydrogen (secondary N) is 2. The number of amides is 1. The van der Waals surface area contributed by atoms with Crippen molar-refractivity contribution < 1.29 is 9.72 Å². The Kier molecular flexibility index (Phi) is 4.93. The third-order valence-electron chi connectivity index (χ3n) is 2.11. The molecule has 1 aromatic rings. The highest BCUT2D eigenvalue weighted by Gasteiger charge is 2.12. The van der Waals surface area contributed by atoms with Crippen molar-refractivity contribution in [3.05, 3.63) is 34.4 Å². The zero-order valence-corrected chi connectivity index (χ0v) is 9.60. The molecule has 1 amide bonds. The van der Waals surface area contributed by atoms with Gasteiger partial charge in [0.1, 0.15) is 5.69 Å². The van der Waals surface area contributed by atoms with Crippen LogP contribution in [0.3, 0.4) is 0 Å². The van der Waals surface area contributed by atoms with Gasteiger partial charge in [-0.1, -0.05) is 19.1 Å². The summed E-state index contributed by atoms with van der Waals surface area (Å²) in [6.45, 7) is 2.60. The summed E-state index contributed by atoms with van der Waals surface area (Å²) >= 11 is 0. The molecule has 0 heterocycles. The van der Waals surface area contributed by atoms with E-state index in [-0.39, 0.29) is 18.1 Å².